The Hall–Kier alpha value is -0.770. The van der Waals surface area contributed by atoms with Crippen LogP contribution >= 0.6 is 0 Å². The average Bonchev–Trinajstić information content (AvgIpc) is 2.26. The minimum atomic E-state index is -0.249. The molecule has 4 nitrogen and oxygen atoms in total. The number of amides is 1. The first-order valence-corrected chi connectivity index (χ1v) is 5.26. The average molecular weight is 200 g/mol. The topological polar surface area (TPSA) is 41.6 Å². The zero-order chi connectivity index (χ0) is 10.4. The fourth-order valence-electron chi connectivity index (χ4n) is 1.77. The third-order valence-corrected chi connectivity index (χ3v) is 2.71. The van der Waals surface area contributed by atoms with Crippen molar-refractivity contribution in [3.05, 3.63) is 0 Å². The molecule has 0 aromatic carbocycles. The van der Waals surface area contributed by atoms with E-state index in [0.717, 1.165) is 19.5 Å². The predicted octanol–water partition coefficient (Wildman–Crippen LogP) is 1.22. The van der Waals surface area contributed by atoms with Crippen molar-refractivity contribution in [1.82, 2.24) is 10.2 Å². The van der Waals surface area contributed by atoms with Gasteiger partial charge in [0.15, 0.2) is 0 Å². The van der Waals surface area contributed by atoms with Gasteiger partial charge in [0, 0.05) is 19.6 Å². The fourth-order valence-corrected chi connectivity index (χ4v) is 1.77. The normalized spacial score (nSPS) is 21.7. The third-order valence-electron chi connectivity index (χ3n) is 2.71. The second-order valence-corrected chi connectivity index (χ2v) is 3.83. The first-order valence-electron chi connectivity index (χ1n) is 5.26. The van der Waals surface area contributed by atoms with Gasteiger partial charge >= 0.3 is 6.09 Å². The highest BCUT2D eigenvalue weighted by Gasteiger charge is 2.14. The Bertz CT molecular complexity index is 179. The highest BCUT2D eigenvalue weighted by Crippen LogP contribution is 2.10. The maximum atomic E-state index is 11.1. The van der Waals surface area contributed by atoms with E-state index >= 15 is 0 Å². The molecule has 1 amide bonds. The van der Waals surface area contributed by atoms with E-state index < -0.39 is 0 Å². The molecule has 1 aliphatic heterocycles. The Labute approximate surface area is 85.6 Å². The number of nitrogens with one attached hydrogen (secondary N) is 1. The van der Waals surface area contributed by atoms with Crippen LogP contribution in [0.1, 0.15) is 25.7 Å². The van der Waals surface area contributed by atoms with Crippen LogP contribution in [-0.4, -0.2) is 44.3 Å². The molecule has 14 heavy (non-hydrogen) atoms. The highest BCUT2D eigenvalue weighted by atomic mass is 16.5. The number of hydrogen-bond donors (Lipinski definition) is 1. The van der Waals surface area contributed by atoms with Gasteiger partial charge < -0.3 is 15.0 Å². The lowest BCUT2D eigenvalue weighted by Crippen LogP contribution is -2.38. The van der Waals surface area contributed by atoms with E-state index in [9.17, 15) is 4.79 Å². The molecule has 82 valence electrons. The maximum absolute atomic E-state index is 11.1. The summed E-state index contributed by atoms with van der Waals surface area (Å²) in [5, 5.41) is 3.45. The molecule has 1 saturated heterocycles. The van der Waals surface area contributed by atoms with Gasteiger partial charge in [-0.2, -0.15) is 0 Å². The van der Waals surface area contributed by atoms with Crippen molar-refractivity contribution >= 4 is 6.09 Å². The maximum Gasteiger partial charge on any atom is 0.409 e. The van der Waals surface area contributed by atoms with Crippen molar-refractivity contribution in [2.24, 2.45) is 0 Å². The van der Waals surface area contributed by atoms with E-state index in [-0.39, 0.29) is 6.09 Å². The fraction of sp³-hybridized carbons (Fsp3) is 0.900. The van der Waals surface area contributed by atoms with Crippen molar-refractivity contribution in [3.8, 4) is 0 Å². The molecule has 0 spiro atoms. The van der Waals surface area contributed by atoms with Crippen LogP contribution in [0.15, 0.2) is 0 Å². The molecule has 1 atom stereocenters. The molecule has 0 saturated carbocycles. The number of methoxy groups -OCH3 is 1. The molecule has 0 aromatic heterocycles. The van der Waals surface area contributed by atoms with Crippen molar-refractivity contribution in [2.45, 2.75) is 31.7 Å². The van der Waals surface area contributed by atoms with Crippen LogP contribution in [0, 0.1) is 0 Å². The summed E-state index contributed by atoms with van der Waals surface area (Å²) in [6.07, 6.45) is 4.59. The molecule has 0 aromatic rings. The van der Waals surface area contributed by atoms with E-state index in [2.05, 4.69) is 10.1 Å². The zero-order valence-corrected chi connectivity index (χ0v) is 9.08. The summed E-state index contributed by atoms with van der Waals surface area (Å²) in [5.41, 5.74) is 0. The molecule has 4 heteroatoms. The van der Waals surface area contributed by atoms with E-state index in [1.165, 1.54) is 26.4 Å². The first kappa shape index (κ1) is 11.3. The Morgan fingerprint density at radius 1 is 1.57 bits per heavy atom. The van der Waals surface area contributed by atoms with Gasteiger partial charge in [0.2, 0.25) is 0 Å². The van der Waals surface area contributed by atoms with Gasteiger partial charge in [0.25, 0.3) is 0 Å². The number of carbonyl (C=O) groups is 1. The zero-order valence-electron chi connectivity index (χ0n) is 9.08. The van der Waals surface area contributed by atoms with Crippen molar-refractivity contribution in [1.29, 1.82) is 0 Å². The van der Waals surface area contributed by atoms with Gasteiger partial charge in [-0.1, -0.05) is 6.42 Å². The van der Waals surface area contributed by atoms with Crippen LogP contribution in [0.5, 0.6) is 0 Å². The lowest BCUT2D eigenvalue weighted by Gasteiger charge is -2.25. The van der Waals surface area contributed by atoms with Gasteiger partial charge in [-0.15, -0.1) is 0 Å². The van der Waals surface area contributed by atoms with Crippen LogP contribution in [0.3, 0.4) is 0 Å². The molecular weight excluding hydrogens is 180 g/mol. The third kappa shape index (κ3) is 3.54. The van der Waals surface area contributed by atoms with Gasteiger partial charge in [-0.25, -0.2) is 4.79 Å². The van der Waals surface area contributed by atoms with Crippen LogP contribution in [-0.2, 0) is 4.74 Å². The smallest absolute Gasteiger partial charge is 0.409 e. The van der Waals surface area contributed by atoms with E-state index in [1.807, 2.05) is 0 Å². The second-order valence-electron chi connectivity index (χ2n) is 3.83. The second kappa shape index (κ2) is 5.86. The number of hydrogen-bond acceptors (Lipinski definition) is 3. The predicted molar refractivity (Wildman–Crippen MR) is 55.3 cm³/mol. The molecule has 1 unspecified atom stereocenters. The van der Waals surface area contributed by atoms with Gasteiger partial charge in [0.05, 0.1) is 7.11 Å². The number of nitrogens with zero attached hydrogens (tertiary/aromatic N) is 1. The van der Waals surface area contributed by atoms with Crippen LogP contribution < -0.4 is 5.32 Å². The highest BCUT2D eigenvalue weighted by molar-refractivity contribution is 5.66. The van der Waals surface area contributed by atoms with E-state index in [4.69, 9.17) is 0 Å². The molecule has 1 N–H and O–H groups in total. The molecule has 0 bridgehead atoms. The van der Waals surface area contributed by atoms with Crippen LogP contribution in [0.2, 0.25) is 0 Å². The summed E-state index contributed by atoms with van der Waals surface area (Å²) >= 11 is 0. The number of rotatable bonds is 3. The van der Waals surface area contributed by atoms with Crippen molar-refractivity contribution in [2.75, 3.05) is 27.2 Å². The molecule has 1 rings (SSSR count). The van der Waals surface area contributed by atoms with Crippen LogP contribution in [0.25, 0.3) is 0 Å². The summed E-state index contributed by atoms with van der Waals surface area (Å²) in [6.45, 7) is 1.89. The summed E-state index contributed by atoms with van der Waals surface area (Å²) < 4.78 is 4.62. The van der Waals surface area contributed by atoms with Gasteiger partial charge in [-0.3, -0.25) is 0 Å². The standard InChI is InChI=1S/C10H20N2O2/c1-12(10(13)14-2)8-6-9-5-3-4-7-11-9/h9,11H,3-8H2,1-2H3. The molecule has 1 aliphatic rings. The van der Waals surface area contributed by atoms with Gasteiger partial charge in [0.1, 0.15) is 0 Å². The van der Waals surface area contributed by atoms with E-state index in [0.29, 0.717) is 6.04 Å². The summed E-state index contributed by atoms with van der Waals surface area (Å²) in [5.74, 6) is 0. The minimum absolute atomic E-state index is 0.249. The molecule has 0 radical (unpaired) electrons. The minimum Gasteiger partial charge on any atom is -0.453 e. The van der Waals surface area contributed by atoms with Crippen molar-refractivity contribution < 1.29 is 9.53 Å². The molecule has 1 heterocycles. The number of piperidine rings is 1. The molecule has 0 aliphatic carbocycles. The van der Waals surface area contributed by atoms with Crippen LogP contribution in [0.4, 0.5) is 4.79 Å². The van der Waals surface area contributed by atoms with Crippen molar-refractivity contribution in [3.63, 3.8) is 0 Å². The Kier molecular flexibility index (Phi) is 4.73. The quantitative estimate of drug-likeness (QED) is 0.744. The monoisotopic (exact) mass is 200 g/mol. The summed E-state index contributed by atoms with van der Waals surface area (Å²) in [7, 11) is 3.19. The Morgan fingerprint density at radius 2 is 2.36 bits per heavy atom. The lowest BCUT2D eigenvalue weighted by molar-refractivity contribution is 0.131. The number of ether oxygens (including phenoxy) is 1. The Morgan fingerprint density at radius 3 is 2.93 bits per heavy atom. The lowest BCUT2D eigenvalue weighted by atomic mass is 10.0. The summed E-state index contributed by atoms with van der Waals surface area (Å²) in [4.78, 5) is 12.7. The first-order chi connectivity index (χ1) is 6.74. The van der Waals surface area contributed by atoms with E-state index in [1.54, 1.807) is 11.9 Å². The Balaban J connectivity index is 2.15. The number of carbonyl (C=O) groups excluding carboxylic acids is 1. The summed E-state index contributed by atoms with van der Waals surface area (Å²) in [6, 6.07) is 0.579. The SMILES string of the molecule is COC(=O)N(C)CCC1CCCCN1. The molecule has 1 fully saturated rings. The molecular formula is C10H20N2O2. The van der Waals surface area contributed by atoms with Gasteiger partial charge in [-0.05, 0) is 25.8 Å². The largest absolute Gasteiger partial charge is 0.453 e.